The molecule has 0 saturated carbocycles. The lowest BCUT2D eigenvalue weighted by Gasteiger charge is -2.49. The number of hydrogen-bond donors (Lipinski definition) is 2. The smallest absolute Gasteiger partial charge is 0.274 e. The van der Waals surface area contributed by atoms with E-state index in [0.29, 0.717) is 6.54 Å². The largest absolute Gasteiger partial charge is 0.368 e. The molecule has 130 valence electrons. The third kappa shape index (κ3) is 3.50. The van der Waals surface area contributed by atoms with E-state index in [1.807, 2.05) is 0 Å². The molecule has 0 spiro atoms. The highest BCUT2D eigenvalue weighted by Gasteiger charge is 2.39. The second-order valence-electron chi connectivity index (χ2n) is 7.04. The van der Waals surface area contributed by atoms with Gasteiger partial charge in [-0.1, -0.05) is 6.92 Å². The van der Waals surface area contributed by atoms with Gasteiger partial charge in [0.15, 0.2) is 0 Å². The second-order valence-corrected chi connectivity index (χ2v) is 8.42. The fourth-order valence-electron chi connectivity index (χ4n) is 3.25. The van der Waals surface area contributed by atoms with Crippen LogP contribution in [0.25, 0.3) is 10.9 Å². The normalized spacial score (nSPS) is 17.1. The number of nitrogens with zero attached hydrogens (tertiary/aromatic N) is 3. The summed E-state index contributed by atoms with van der Waals surface area (Å²) in [5, 5.41) is 14.4. The summed E-state index contributed by atoms with van der Waals surface area (Å²) in [6, 6.07) is 4.23. The number of aryl methyl sites for hydroxylation is 2. The lowest BCUT2D eigenvalue weighted by molar-refractivity contribution is 0.225. The minimum atomic E-state index is -3.62. The van der Waals surface area contributed by atoms with Crippen LogP contribution in [-0.2, 0) is 10.2 Å². The Morgan fingerprint density at radius 2 is 1.96 bits per heavy atom. The Balaban J connectivity index is 1.74. The molecule has 1 aliphatic rings. The van der Waals surface area contributed by atoms with Crippen molar-refractivity contribution >= 4 is 26.8 Å². The monoisotopic (exact) mass is 349 g/mol. The van der Waals surface area contributed by atoms with Crippen LogP contribution >= 0.6 is 0 Å². The maximum Gasteiger partial charge on any atom is 0.274 e. The standard InChI is InChI=1S/C16H23N5O2S/c1-11-6-13-14(7-12(11)2)20-18-8-15(13)21-9-16(3,10-21)4-5-19-24(17,22)23/h6-8,19H,4-5,9-10H2,1-3H3,(H2,17,22,23). The molecule has 0 aliphatic carbocycles. The number of fused-ring (bicyclic) bond motifs is 1. The average Bonchev–Trinajstić information content (AvgIpc) is 2.44. The van der Waals surface area contributed by atoms with E-state index in [1.54, 1.807) is 6.20 Å². The molecule has 0 bridgehead atoms. The van der Waals surface area contributed by atoms with Crippen molar-refractivity contribution in [1.82, 2.24) is 14.9 Å². The number of aromatic nitrogens is 2. The quantitative estimate of drug-likeness (QED) is 0.846. The first-order valence-electron chi connectivity index (χ1n) is 7.92. The predicted octanol–water partition coefficient (Wildman–Crippen LogP) is 1.26. The molecule has 24 heavy (non-hydrogen) atoms. The zero-order valence-corrected chi connectivity index (χ0v) is 15.0. The molecule has 0 unspecified atom stereocenters. The lowest BCUT2D eigenvalue weighted by atomic mass is 9.78. The van der Waals surface area contributed by atoms with Crippen molar-refractivity contribution in [2.75, 3.05) is 24.5 Å². The van der Waals surface area contributed by atoms with Crippen LogP contribution in [0.3, 0.4) is 0 Å². The highest BCUT2D eigenvalue weighted by atomic mass is 32.2. The number of rotatable bonds is 5. The van der Waals surface area contributed by atoms with E-state index in [0.717, 1.165) is 36.1 Å². The van der Waals surface area contributed by atoms with Gasteiger partial charge < -0.3 is 4.90 Å². The van der Waals surface area contributed by atoms with Crippen molar-refractivity contribution in [2.24, 2.45) is 10.6 Å². The average molecular weight is 349 g/mol. The molecular formula is C16H23N5O2S. The molecule has 1 saturated heterocycles. The van der Waals surface area contributed by atoms with Gasteiger partial charge in [0.25, 0.3) is 10.2 Å². The highest BCUT2D eigenvalue weighted by Crippen LogP contribution is 2.39. The number of benzene rings is 1. The van der Waals surface area contributed by atoms with Gasteiger partial charge in [0.1, 0.15) is 0 Å². The van der Waals surface area contributed by atoms with Gasteiger partial charge in [0.05, 0.1) is 17.4 Å². The fourth-order valence-corrected chi connectivity index (χ4v) is 3.64. The highest BCUT2D eigenvalue weighted by molar-refractivity contribution is 7.87. The van der Waals surface area contributed by atoms with Crippen LogP contribution in [-0.4, -0.2) is 38.2 Å². The van der Waals surface area contributed by atoms with Crippen molar-refractivity contribution < 1.29 is 8.42 Å². The fraction of sp³-hybridized carbons (Fsp3) is 0.500. The zero-order chi connectivity index (χ0) is 17.5. The topological polar surface area (TPSA) is 101 Å². The first-order chi connectivity index (χ1) is 11.2. The Morgan fingerprint density at radius 3 is 2.62 bits per heavy atom. The van der Waals surface area contributed by atoms with Crippen molar-refractivity contribution in [3.63, 3.8) is 0 Å². The first-order valence-corrected chi connectivity index (χ1v) is 9.46. The Morgan fingerprint density at radius 1 is 1.29 bits per heavy atom. The Hall–Kier alpha value is -1.77. The van der Waals surface area contributed by atoms with E-state index in [-0.39, 0.29) is 5.41 Å². The summed E-state index contributed by atoms with van der Waals surface area (Å²) in [6.45, 7) is 8.39. The summed E-state index contributed by atoms with van der Waals surface area (Å²) in [4.78, 5) is 2.27. The molecule has 1 aromatic carbocycles. The minimum absolute atomic E-state index is 0.0625. The van der Waals surface area contributed by atoms with Crippen LogP contribution in [0, 0.1) is 19.3 Å². The van der Waals surface area contributed by atoms with Gasteiger partial charge in [0.2, 0.25) is 0 Å². The number of nitrogens with one attached hydrogen (secondary N) is 1. The van der Waals surface area contributed by atoms with Crippen molar-refractivity contribution in [3.05, 3.63) is 29.5 Å². The number of hydrogen-bond acceptors (Lipinski definition) is 5. The van der Waals surface area contributed by atoms with Crippen LogP contribution in [0.5, 0.6) is 0 Å². The van der Waals surface area contributed by atoms with Crippen LogP contribution in [0.2, 0.25) is 0 Å². The summed E-state index contributed by atoms with van der Waals surface area (Å²) in [5.41, 5.74) is 4.49. The lowest BCUT2D eigenvalue weighted by Crippen LogP contribution is -2.56. The molecule has 0 amide bonds. The number of nitrogens with two attached hydrogens (primary N) is 1. The van der Waals surface area contributed by atoms with Crippen LogP contribution in [0.1, 0.15) is 24.5 Å². The number of anilines is 1. The van der Waals surface area contributed by atoms with Crippen molar-refractivity contribution in [3.8, 4) is 0 Å². The molecular weight excluding hydrogens is 326 g/mol. The zero-order valence-electron chi connectivity index (χ0n) is 14.2. The van der Waals surface area contributed by atoms with Gasteiger partial charge in [-0.2, -0.15) is 18.6 Å². The van der Waals surface area contributed by atoms with Gasteiger partial charge in [-0.15, -0.1) is 0 Å². The molecule has 0 radical (unpaired) electrons. The van der Waals surface area contributed by atoms with E-state index in [9.17, 15) is 8.42 Å². The molecule has 8 heteroatoms. The maximum absolute atomic E-state index is 11.0. The summed E-state index contributed by atoms with van der Waals surface area (Å²) in [6.07, 6.45) is 2.55. The summed E-state index contributed by atoms with van der Waals surface area (Å²) in [5.74, 6) is 0. The SMILES string of the molecule is Cc1cc2nncc(N3CC(C)(CCNS(N)(=O)=O)C3)c2cc1C. The first kappa shape index (κ1) is 17.1. The molecule has 1 aliphatic heterocycles. The van der Waals surface area contributed by atoms with Gasteiger partial charge in [-0.05, 0) is 43.5 Å². The molecule has 1 fully saturated rings. The van der Waals surface area contributed by atoms with Gasteiger partial charge in [-0.3, -0.25) is 0 Å². The van der Waals surface area contributed by atoms with Gasteiger partial charge in [0, 0.05) is 30.4 Å². The van der Waals surface area contributed by atoms with E-state index >= 15 is 0 Å². The van der Waals surface area contributed by atoms with E-state index < -0.39 is 10.2 Å². The third-order valence-electron chi connectivity index (χ3n) is 4.75. The Bertz CT molecular complexity index is 875. The van der Waals surface area contributed by atoms with E-state index in [4.69, 9.17) is 5.14 Å². The van der Waals surface area contributed by atoms with Crippen molar-refractivity contribution in [2.45, 2.75) is 27.2 Å². The third-order valence-corrected chi connectivity index (χ3v) is 5.36. The molecule has 3 N–H and O–H groups in total. The molecule has 2 heterocycles. The molecule has 1 aromatic heterocycles. The molecule has 3 rings (SSSR count). The summed E-state index contributed by atoms with van der Waals surface area (Å²) < 4.78 is 24.3. The molecule has 0 atom stereocenters. The van der Waals surface area contributed by atoms with Crippen LogP contribution < -0.4 is 14.8 Å². The Kier molecular flexibility index (Phi) is 4.23. The molecule has 2 aromatic rings. The summed E-state index contributed by atoms with van der Waals surface area (Å²) in [7, 11) is -3.62. The van der Waals surface area contributed by atoms with Gasteiger partial charge in [-0.25, -0.2) is 9.86 Å². The van der Waals surface area contributed by atoms with Crippen LogP contribution in [0.4, 0.5) is 5.69 Å². The summed E-state index contributed by atoms with van der Waals surface area (Å²) >= 11 is 0. The maximum atomic E-state index is 11.0. The van der Waals surface area contributed by atoms with Crippen molar-refractivity contribution in [1.29, 1.82) is 0 Å². The second kappa shape index (κ2) is 5.94. The van der Waals surface area contributed by atoms with E-state index in [2.05, 4.69) is 52.7 Å². The van der Waals surface area contributed by atoms with E-state index in [1.165, 1.54) is 11.1 Å². The van der Waals surface area contributed by atoms with Crippen LogP contribution in [0.15, 0.2) is 18.3 Å². The predicted molar refractivity (Wildman–Crippen MR) is 95.1 cm³/mol. The minimum Gasteiger partial charge on any atom is -0.368 e. The Labute approximate surface area is 142 Å². The van der Waals surface area contributed by atoms with Gasteiger partial charge >= 0.3 is 0 Å². The molecule has 7 nitrogen and oxygen atoms in total.